The van der Waals surface area contributed by atoms with Crippen molar-refractivity contribution in [3.63, 3.8) is 0 Å². The predicted octanol–water partition coefficient (Wildman–Crippen LogP) is 3.48. The molecule has 1 heterocycles. The standard InChI is InChI=1S/C15H22ClN3O/c1-2-17-13-8-7-12(16)14(19-13)15(20)18-10-9-11-5-3-4-6-11/h7-8,11H,2-6,9-10H2,1H3,(H,17,19)(H,18,20). The van der Waals surface area contributed by atoms with Gasteiger partial charge in [-0.2, -0.15) is 0 Å². The van der Waals surface area contributed by atoms with Crippen LogP contribution < -0.4 is 10.6 Å². The lowest BCUT2D eigenvalue weighted by Gasteiger charge is -2.11. The summed E-state index contributed by atoms with van der Waals surface area (Å²) in [4.78, 5) is 16.4. The maximum atomic E-state index is 12.1. The van der Waals surface area contributed by atoms with Gasteiger partial charge in [-0.05, 0) is 31.4 Å². The summed E-state index contributed by atoms with van der Waals surface area (Å²) in [5.74, 6) is 1.26. The van der Waals surface area contributed by atoms with Gasteiger partial charge in [-0.25, -0.2) is 4.98 Å². The molecule has 0 saturated heterocycles. The number of nitrogens with one attached hydrogen (secondary N) is 2. The van der Waals surface area contributed by atoms with Gasteiger partial charge in [-0.1, -0.05) is 37.3 Å². The van der Waals surface area contributed by atoms with Crippen LogP contribution in [0, 0.1) is 5.92 Å². The average Bonchev–Trinajstić information content (AvgIpc) is 2.94. The van der Waals surface area contributed by atoms with Crippen LogP contribution in [0.3, 0.4) is 0 Å². The van der Waals surface area contributed by atoms with Crippen molar-refractivity contribution in [2.45, 2.75) is 39.0 Å². The van der Waals surface area contributed by atoms with Gasteiger partial charge in [0.25, 0.3) is 5.91 Å². The molecule has 1 fully saturated rings. The molecule has 4 nitrogen and oxygen atoms in total. The molecule has 1 aromatic rings. The summed E-state index contributed by atoms with van der Waals surface area (Å²) in [7, 11) is 0. The van der Waals surface area contributed by atoms with Crippen molar-refractivity contribution in [3.05, 3.63) is 22.8 Å². The van der Waals surface area contributed by atoms with Gasteiger partial charge in [0.1, 0.15) is 11.5 Å². The quantitative estimate of drug-likeness (QED) is 0.845. The van der Waals surface area contributed by atoms with Crippen LogP contribution in [0.1, 0.15) is 49.5 Å². The highest BCUT2D eigenvalue weighted by Crippen LogP contribution is 2.27. The number of anilines is 1. The van der Waals surface area contributed by atoms with Crippen LogP contribution >= 0.6 is 11.6 Å². The van der Waals surface area contributed by atoms with Gasteiger partial charge in [0, 0.05) is 13.1 Å². The van der Waals surface area contributed by atoms with E-state index in [1.54, 1.807) is 12.1 Å². The van der Waals surface area contributed by atoms with Crippen LogP contribution in [-0.4, -0.2) is 24.0 Å². The second-order valence-corrected chi connectivity index (χ2v) is 5.66. The van der Waals surface area contributed by atoms with E-state index in [1.165, 1.54) is 25.7 Å². The van der Waals surface area contributed by atoms with Crippen molar-refractivity contribution in [2.24, 2.45) is 5.92 Å². The molecule has 0 unspecified atom stereocenters. The summed E-state index contributed by atoms with van der Waals surface area (Å²) in [5, 5.41) is 6.40. The topological polar surface area (TPSA) is 54.0 Å². The number of carbonyl (C=O) groups excluding carboxylic acids is 1. The van der Waals surface area contributed by atoms with Crippen molar-refractivity contribution in [1.82, 2.24) is 10.3 Å². The minimum atomic E-state index is -0.187. The summed E-state index contributed by atoms with van der Waals surface area (Å²) < 4.78 is 0. The highest BCUT2D eigenvalue weighted by Gasteiger charge is 2.16. The van der Waals surface area contributed by atoms with Crippen molar-refractivity contribution >= 4 is 23.3 Å². The zero-order valence-electron chi connectivity index (χ0n) is 11.9. The fourth-order valence-electron chi connectivity index (χ4n) is 2.65. The summed E-state index contributed by atoms with van der Waals surface area (Å²) in [6.07, 6.45) is 6.30. The van der Waals surface area contributed by atoms with Crippen LogP contribution in [0.5, 0.6) is 0 Å². The number of pyridine rings is 1. The van der Waals surface area contributed by atoms with E-state index in [-0.39, 0.29) is 5.91 Å². The lowest BCUT2D eigenvalue weighted by Crippen LogP contribution is -2.27. The maximum absolute atomic E-state index is 12.1. The van der Waals surface area contributed by atoms with Crippen molar-refractivity contribution < 1.29 is 4.79 Å². The van der Waals surface area contributed by atoms with Crippen molar-refractivity contribution in [2.75, 3.05) is 18.4 Å². The molecule has 0 bridgehead atoms. The molecule has 0 radical (unpaired) electrons. The van der Waals surface area contributed by atoms with Crippen LogP contribution in [0.4, 0.5) is 5.82 Å². The first-order valence-corrected chi connectivity index (χ1v) is 7.77. The SMILES string of the molecule is CCNc1ccc(Cl)c(C(=O)NCCC2CCCC2)n1. The van der Waals surface area contributed by atoms with Gasteiger partial charge >= 0.3 is 0 Å². The zero-order valence-corrected chi connectivity index (χ0v) is 12.7. The molecule has 0 aliphatic heterocycles. The highest BCUT2D eigenvalue weighted by atomic mass is 35.5. The minimum Gasteiger partial charge on any atom is -0.370 e. The molecule has 1 aromatic heterocycles. The third-order valence-electron chi connectivity index (χ3n) is 3.73. The Kier molecular flexibility index (Phi) is 5.65. The van der Waals surface area contributed by atoms with Gasteiger partial charge in [-0.15, -0.1) is 0 Å². The fourth-order valence-corrected chi connectivity index (χ4v) is 2.84. The Balaban J connectivity index is 1.88. The van der Waals surface area contributed by atoms with Crippen LogP contribution in [0.25, 0.3) is 0 Å². The van der Waals surface area contributed by atoms with E-state index in [1.807, 2.05) is 6.92 Å². The van der Waals surface area contributed by atoms with E-state index in [9.17, 15) is 4.79 Å². The number of rotatable bonds is 6. The zero-order chi connectivity index (χ0) is 14.4. The summed E-state index contributed by atoms with van der Waals surface area (Å²) in [6, 6.07) is 3.49. The summed E-state index contributed by atoms with van der Waals surface area (Å²) in [5.41, 5.74) is 0.302. The maximum Gasteiger partial charge on any atom is 0.271 e. The first kappa shape index (κ1) is 15.1. The molecule has 2 rings (SSSR count). The van der Waals surface area contributed by atoms with Gasteiger partial charge in [0.2, 0.25) is 0 Å². The molecule has 2 N–H and O–H groups in total. The molecule has 1 aliphatic carbocycles. The lowest BCUT2D eigenvalue weighted by molar-refractivity contribution is 0.0947. The van der Waals surface area contributed by atoms with Crippen molar-refractivity contribution in [3.8, 4) is 0 Å². The number of halogens is 1. The Morgan fingerprint density at radius 1 is 1.40 bits per heavy atom. The third kappa shape index (κ3) is 4.10. The largest absolute Gasteiger partial charge is 0.370 e. The van der Waals surface area contributed by atoms with Gasteiger partial charge in [0.15, 0.2) is 0 Å². The molecule has 0 spiro atoms. The second-order valence-electron chi connectivity index (χ2n) is 5.25. The molecule has 1 aliphatic rings. The molecule has 0 aromatic carbocycles. The van der Waals surface area contributed by atoms with E-state index >= 15 is 0 Å². The van der Waals surface area contributed by atoms with E-state index in [2.05, 4.69) is 15.6 Å². The lowest BCUT2D eigenvalue weighted by atomic mass is 10.0. The van der Waals surface area contributed by atoms with Gasteiger partial charge in [-0.3, -0.25) is 4.79 Å². The molecule has 1 saturated carbocycles. The third-order valence-corrected chi connectivity index (χ3v) is 4.04. The molecule has 20 heavy (non-hydrogen) atoms. The Morgan fingerprint density at radius 2 is 2.15 bits per heavy atom. The Morgan fingerprint density at radius 3 is 2.85 bits per heavy atom. The van der Waals surface area contributed by atoms with Crippen LogP contribution in [-0.2, 0) is 0 Å². The number of hydrogen-bond acceptors (Lipinski definition) is 3. The monoisotopic (exact) mass is 295 g/mol. The highest BCUT2D eigenvalue weighted by molar-refractivity contribution is 6.33. The molecule has 0 atom stereocenters. The number of carbonyl (C=O) groups is 1. The average molecular weight is 296 g/mol. The molecule has 110 valence electrons. The van der Waals surface area contributed by atoms with E-state index in [0.717, 1.165) is 18.9 Å². The van der Waals surface area contributed by atoms with Crippen LogP contribution in [0.2, 0.25) is 5.02 Å². The molecular weight excluding hydrogens is 274 g/mol. The van der Waals surface area contributed by atoms with Crippen LogP contribution in [0.15, 0.2) is 12.1 Å². The molecule has 5 heteroatoms. The second kappa shape index (κ2) is 7.48. The minimum absolute atomic E-state index is 0.187. The molecule has 1 amide bonds. The normalized spacial score (nSPS) is 15.3. The first-order valence-electron chi connectivity index (χ1n) is 7.39. The Labute approximate surface area is 125 Å². The van der Waals surface area contributed by atoms with Crippen molar-refractivity contribution in [1.29, 1.82) is 0 Å². The van der Waals surface area contributed by atoms with E-state index in [4.69, 9.17) is 11.6 Å². The summed E-state index contributed by atoms with van der Waals surface area (Å²) in [6.45, 7) is 3.45. The number of nitrogens with zero attached hydrogens (tertiary/aromatic N) is 1. The van der Waals surface area contributed by atoms with Gasteiger partial charge in [0.05, 0.1) is 5.02 Å². The predicted molar refractivity (Wildman–Crippen MR) is 82.3 cm³/mol. The summed E-state index contributed by atoms with van der Waals surface area (Å²) >= 11 is 6.05. The Hall–Kier alpha value is -1.29. The van der Waals surface area contributed by atoms with Gasteiger partial charge < -0.3 is 10.6 Å². The van der Waals surface area contributed by atoms with E-state index < -0.39 is 0 Å². The molecular formula is C15H22ClN3O. The number of aromatic nitrogens is 1. The smallest absolute Gasteiger partial charge is 0.271 e. The number of amides is 1. The Bertz CT molecular complexity index is 458. The fraction of sp³-hybridized carbons (Fsp3) is 0.600. The number of hydrogen-bond donors (Lipinski definition) is 2. The van der Waals surface area contributed by atoms with E-state index in [0.29, 0.717) is 23.1 Å². The first-order chi connectivity index (χ1) is 9.70.